The third-order valence-electron chi connectivity index (χ3n) is 4.03. The van der Waals surface area contributed by atoms with Crippen LogP contribution in [0.4, 0.5) is 5.69 Å². The minimum Gasteiger partial charge on any atom is -0.325 e. The Hall–Kier alpha value is -1.10. The molecular weight excluding hydrogens is 286 g/mol. The fourth-order valence-electron chi connectivity index (χ4n) is 2.80. The average molecular weight is 310 g/mol. The number of amides is 1. The van der Waals surface area contributed by atoms with Crippen LogP contribution in [0.5, 0.6) is 0 Å². The van der Waals surface area contributed by atoms with Gasteiger partial charge in [-0.05, 0) is 76.1 Å². The summed E-state index contributed by atoms with van der Waals surface area (Å²) in [5.74, 6) is 0.792. The molecule has 0 aliphatic carbocycles. The zero-order valence-corrected chi connectivity index (χ0v) is 13.5. The van der Waals surface area contributed by atoms with Crippen LogP contribution < -0.4 is 10.6 Å². The lowest BCUT2D eigenvalue weighted by atomic mass is 9.97. The minimum absolute atomic E-state index is 0.0486. The van der Waals surface area contributed by atoms with Gasteiger partial charge in [-0.2, -0.15) is 0 Å². The molecule has 1 heterocycles. The lowest BCUT2D eigenvalue weighted by molar-refractivity contribution is -0.117. The maximum atomic E-state index is 12.1. The zero-order valence-electron chi connectivity index (χ0n) is 12.8. The first-order valence-electron chi connectivity index (χ1n) is 7.51. The fraction of sp³-hybridized carbons (Fsp3) is 0.562. The Kier molecular flexibility index (Phi) is 6.03. The maximum Gasteiger partial charge on any atom is 0.238 e. The van der Waals surface area contributed by atoms with Gasteiger partial charge in [0, 0.05) is 10.7 Å². The second kappa shape index (κ2) is 7.78. The van der Waals surface area contributed by atoms with Gasteiger partial charge in [0.15, 0.2) is 0 Å². The molecule has 116 valence electrons. The highest BCUT2D eigenvalue weighted by atomic mass is 35.5. The summed E-state index contributed by atoms with van der Waals surface area (Å²) in [7, 11) is 1.99. The van der Waals surface area contributed by atoms with E-state index in [-0.39, 0.29) is 5.91 Å². The van der Waals surface area contributed by atoms with Gasteiger partial charge in [-0.15, -0.1) is 0 Å². The molecule has 1 amide bonds. The number of nitrogens with one attached hydrogen (secondary N) is 2. The molecule has 0 atom stereocenters. The molecule has 2 rings (SSSR count). The summed E-state index contributed by atoms with van der Waals surface area (Å²) in [6, 6.07) is 5.52. The number of hydrogen-bond acceptors (Lipinski definition) is 3. The molecule has 0 bridgehead atoms. The molecule has 0 unspecified atom stereocenters. The molecule has 1 aromatic rings. The monoisotopic (exact) mass is 309 g/mol. The van der Waals surface area contributed by atoms with E-state index >= 15 is 0 Å². The van der Waals surface area contributed by atoms with Crippen LogP contribution in [0.1, 0.15) is 18.4 Å². The van der Waals surface area contributed by atoms with Crippen molar-refractivity contribution in [2.75, 3.05) is 38.5 Å². The van der Waals surface area contributed by atoms with Crippen LogP contribution in [0.2, 0.25) is 5.02 Å². The third-order valence-corrected chi connectivity index (χ3v) is 4.26. The topological polar surface area (TPSA) is 44.4 Å². The molecule has 0 radical (unpaired) electrons. The van der Waals surface area contributed by atoms with Gasteiger partial charge in [-0.1, -0.05) is 11.6 Å². The lowest BCUT2D eigenvalue weighted by Crippen LogP contribution is -2.40. The van der Waals surface area contributed by atoms with Crippen molar-refractivity contribution in [2.45, 2.75) is 19.8 Å². The van der Waals surface area contributed by atoms with Crippen LogP contribution in [0, 0.1) is 12.8 Å². The first-order valence-corrected chi connectivity index (χ1v) is 7.89. The average Bonchev–Trinajstić information content (AvgIpc) is 2.44. The van der Waals surface area contributed by atoms with Gasteiger partial charge in [0.1, 0.15) is 0 Å². The largest absolute Gasteiger partial charge is 0.325 e. The van der Waals surface area contributed by atoms with E-state index in [1.54, 1.807) is 6.07 Å². The van der Waals surface area contributed by atoms with Gasteiger partial charge in [0.25, 0.3) is 0 Å². The van der Waals surface area contributed by atoms with Gasteiger partial charge in [-0.25, -0.2) is 0 Å². The van der Waals surface area contributed by atoms with E-state index in [4.69, 9.17) is 11.6 Å². The van der Waals surface area contributed by atoms with Crippen LogP contribution in [-0.2, 0) is 4.79 Å². The number of anilines is 1. The highest BCUT2D eigenvalue weighted by Crippen LogP contribution is 2.20. The Morgan fingerprint density at radius 1 is 1.38 bits per heavy atom. The fourth-order valence-corrected chi connectivity index (χ4v) is 3.02. The molecule has 0 saturated carbocycles. The van der Waals surface area contributed by atoms with E-state index in [9.17, 15) is 4.79 Å². The first-order chi connectivity index (χ1) is 10.1. The van der Waals surface area contributed by atoms with E-state index in [0.29, 0.717) is 11.6 Å². The van der Waals surface area contributed by atoms with E-state index in [1.807, 2.05) is 26.1 Å². The van der Waals surface area contributed by atoms with Crippen molar-refractivity contribution in [3.05, 3.63) is 28.8 Å². The van der Waals surface area contributed by atoms with E-state index in [0.717, 1.165) is 49.6 Å². The Morgan fingerprint density at radius 3 is 2.71 bits per heavy atom. The highest BCUT2D eigenvalue weighted by Gasteiger charge is 2.20. The lowest BCUT2D eigenvalue weighted by Gasteiger charge is -2.31. The summed E-state index contributed by atoms with van der Waals surface area (Å²) >= 11 is 5.92. The van der Waals surface area contributed by atoms with Crippen molar-refractivity contribution in [3.8, 4) is 0 Å². The Labute approximate surface area is 131 Å². The smallest absolute Gasteiger partial charge is 0.238 e. The molecule has 1 saturated heterocycles. The standard InChI is InChI=1S/C16H24ClN3O/c1-12-9-14(17)3-4-15(12)19-16(21)11-20-7-5-13(6-8-20)10-18-2/h3-4,9,13,18H,5-8,10-11H2,1-2H3,(H,19,21). The molecule has 0 aromatic heterocycles. The van der Waals surface area contributed by atoms with Crippen LogP contribution in [0.3, 0.4) is 0 Å². The molecular formula is C16H24ClN3O. The number of nitrogens with zero attached hydrogens (tertiary/aromatic N) is 1. The van der Waals surface area contributed by atoms with Crippen molar-refractivity contribution in [2.24, 2.45) is 5.92 Å². The van der Waals surface area contributed by atoms with E-state index < -0.39 is 0 Å². The van der Waals surface area contributed by atoms with Crippen LogP contribution in [-0.4, -0.2) is 44.0 Å². The maximum absolute atomic E-state index is 12.1. The summed E-state index contributed by atoms with van der Waals surface area (Å²) < 4.78 is 0. The molecule has 0 spiro atoms. The number of rotatable bonds is 5. The first kappa shape index (κ1) is 16.3. The van der Waals surface area contributed by atoms with Crippen LogP contribution in [0.25, 0.3) is 0 Å². The number of likely N-dealkylation sites (tertiary alicyclic amines) is 1. The number of hydrogen-bond donors (Lipinski definition) is 2. The Balaban J connectivity index is 1.80. The summed E-state index contributed by atoms with van der Waals surface area (Å²) in [5.41, 5.74) is 1.83. The van der Waals surface area contributed by atoms with E-state index in [2.05, 4.69) is 15.5 Å². The molecule has 21 heavy (non-hydrogen) atoms. The van der Waals surface area contributed by atoms with Gasteiger partial charge in [0.05, 0.1) is 6.54 Å². The molecule has 1 aliphatic rings. The van der Waals surface area contributed by atoms with Crippen LogP contribution in [0.15, 0.2) is 18.2 Å². The predicted octanol–water partition coefficient (Wildman–Crippen LogP) is 2.52. The van der Waals surface area contributed by atoms with E-state index in [1.165, 1.54) is 0 Å². The summed E-state index contributed by atoms with van der Waals surface area (Å²) in [6.45, 7) is 5.49. The number of carbonyl (C=O) groups is 1. The summed E-state index contributed by atoms with van der Waals surface area (Å²) in [6.07, 6.45) is 2.32. The highest BCUT2D eigenvalue weighted by molar-refractivity contribution is 6.30. The number of aryl methyl sites for hydroxylation is 1. The summed E-state index contributed by atoms with van der Waals surface area (Å²) in [4.78, 5) is 14.4. The van der Waals surface area contributed by atoms with Gasteiger partial charge in [0.2, 0.25) is 5.91 Å². The van der Waals surface area contributed by atoms with Crippen molar-refractivity contribution in [1.29, 1.82) is 0 Å². The quantitative estimate of drug-likeness (QED) is 0.878. The van der Waals surface area contributed by atoms with Gasteiger partial charge >= 0.3 is 0 Å². The summed E-state index contributed by atoms with van der Waals surface area (Å²) in [5, 5.41) is 6.89. The molecule has 2 N–H and O–H groups in total. The van der Waals surface area contributed by atoms with Gasteiger partial charge in [-0.3, -0.25) is 9.69 Å². The van der Waals surface area contributed by atoms with Gasteiger partial charge < -0.3 is 10.6 Å². The number of benzene rings is 1. The SMILES string of the molecule is CNCC1CCN(CC(=O)Nc2ccc(Cl)cc2C)CC1. The second-order valence-electron chi connectivity index (χ2n) is 5.78. The van der Waals surface area contributed by atoms with Crippen molar-refractivity contribution in [1.82, 2.24) is 10.2 Å². The minimum atomic E-state index is 0.0486. The Bertz CT molecular complexity index is 484. The predicted molar refractivity (Wildman–Crippen MR) is 87.9 cm³/mol. The number of halogens is 1. The number of carbonyl (C=O) groups excluding carboxylic acids is 1. The third kappa shape index (κ3) is 4.99. The number of piperidine rings is 1. The van der Waals surface area contributed by atoms with Crippen molar-refractivity contribution in [3.63, 3.8) is 0 Å². The molecule has 5 heteroatoms. The molecule has 1 aromatic carbocycles. The molecule has 4 nitrogen and oxygen atoms in total. The van der Waals surface area contributed by atoms with Crippen molar-refractivity contribution < 1.29 is 4.79 Å². The zero-order chi connectivity index (χ0) is 15.2. The van der Waals surface area contributed by atoms with Crippen molar-refractivity contribution >= 4 is 23.2 Å². The molecule has 1 fully saturated rings. The van der Waals surface area contributed by atoms with Crippen LogP contribution >= 0.6 is 11.6 Å². The normalized spacial score (nSPS) is 16.9. The second-order valence-corrected chi connectivity index (χ2v) is 6.22. The molecule has 1 aliphatic heterocycles. The Morgan fingerprint density at radius 2 is 2.10 bits per heavy atom.